The van der Waals surface area contributed by atoms with Crippen molar-refractivity contribution in [2.45, 2.75) is 6.92 Å². The highest BCUT2D eigenvalue weighted by atomic mass is 79.9. The average molecular weight is 401 g/mol. The van der Waals surface area contributed by atoms with Crippen LogP contribution in [0.5, 0.6) is 0 Å². The van der Waals surface area contributed by atoms with Crippen molar-refractivity contribution in [1.29, 1.82) is 0 Å². The maximum absolute atomic E-state index is 13.6. The lowest BCUT2D eigenvalue weighted by Crippen LogP contribution is -2.21. The van der Waals surface area contributed by atoms with Crippen molar-refractivity contribution in [3.8, 4) is 0 Å². The zero-order valence-electron chi connectivity index (χ0n) is 12.0. The molecule has 0 spiro atoms. The molecule has 0 bridgehead atoms. The van der Waals surface area contributed by atoms with E-state index in [1.54, 1.807) is 12.1 Å². The number of anilines is 1. The van der Waals surface area contributed by atoms with E-state index in [2.05, 4.69) is 21.2 Å². The average Bonchev–Trinajstić information content (AvgIpc) is 2.48. The van der Waals surface area contributed by atoms with Crippen molar-refractivity contribution < 1.29 is 18.7 Å². The summed E-state index contributed by atoms with van der Waals surface area (Å²) in [6, 6.07) is 8.91. The van der Waals surface area contributed by atoms with Gasteiger partial charge in [-0.15, -0.1) is 0 Å². The molecule has 2 rings (SSSR count). The fourth-order valence-electron chi connectivity index (χ4n) is 1.82. The molecule has 0 aliphatic rings. The third kappa shape index (κ3) is 4.77. The fourth-order valence-corrected chi connectivity index (χ4v) is 2.45. The zero-order chi connectivity index (χ0) is 17.0. The molecule has 120 valence electrons. The Morgan fingerprint density at radius 1 is 1.26 bits per heavy atom. The van der Waals surface area contributed by atoms with Crippen molar-refractivity contribution in [1.82, 2.24) is 0 Å². The topological polar surface area (TPSA) is 55.4 Å². The second kappa shape index (κ2) is 7.57. The molecule has 0 aliphatic heterocycles. The Kier molecular flexibility index (Phi) is 5.74. The first kappa shape index (κ1) is 17.4. The van der Waals surface area contributed by atoms with Crippen LogP contribution in [0, 0.1) is 12.7 Å². The molecule has 0 atom stereocenters. The molecular weight excluding hydrogens is 389 g/mol. The molecule has 0 saturated carbocycles. The summed E-state index contributed by atoms with van der Waals surface area (Å²) < 4.78 is 19.3. The normalized spacial score (nSPS) is 10.3. The van der Waals surface area contributed by atoms with E-state index in [1.165, 1.54) is 12.1 Å². The van der Waals surface area contributed by atoms with Gasteiger partial charge in [-0.2, -0.15) is 0 Å². The minimum Gasteiger partial charge on any atom is -0.452 e. The first-order chi connectivity index (χ1) is 10.9. The van der Waals surface area contributed by atoms with Gasteiger partial charge in [-0.25, -0.2) is 9.18 Å². The van der Waals surface area contributed by atoms with E-state index in [-0.39, 0.29) is 10.6 Å². The van der Waals surface area contributed by atoms with Gasteiger partial charge < -0.3 is 10.1 Å². The van der Waals surface area contributed by atoms with Gasteiger partial charge in [-0.3, -0.25) is 4.79 Å². The number of benzene rings is 2. The molecule has 1 amide bonds. The first-order valence-electron chi connectivity index (χ1n) is 6.55. The summed E-state index contributed by atoms with van der Waals surface area (Å²) in [7, 11) is 0. The minimum absolute atomic E-state index is 0.169. The number of hydrogen-bond donors (Lipinski definition) is 1. The molecule has 2 aromatic carbocycles. The Morgan fingerprint density at radius 2 is 2.00 bits per heavy atom. The van der Waals surface area contributed by atoms with Crippen LogP contribution in [0.1, 0.15) is 15.9 Å². The van der Waals surface area contributed by atoms with Crippen LogP contribution < -0.4 is 5.32 Å². The van der Waals surface area contributed by atoms with Gasteiger partial charge in [0.15, 0.2) is 6.61 Å². The zero-order valence-corrected chi connectivity index (χ0v) is 14.4. The van der Waals surface area contributed by atoms with E-state index in [0.29, 0.717) is 5.69 Å². The lowest BCUT2D eigenvalue weighted by Gasteiger charge is -2.09. The summed E-state index contributed by atoms with van der Waals surface area (Å²) in [5.41, 5.74) is 1.18. The van der Waals surface area contributed by atoms with Crippen molar-refractivity contribution in [3.63, 3.8) is 0 Å². The number of halogens is 3. The van der Waals surface area contributed by atoms with E-state index in [9.17, 15) is 14.0 Å². The summed E-state index contributed by atoms with van der Waals surface area (Å²) >= 11 is 8.93. The summed E-state index contributed by atoms with van der Waals surface area (Å²) in [6.45, 7) is 1.31. The summed E-state index contributed by atoms with van der Waals surface area (Å²) in [6.07, 6.45) is 0. The fraction of sp³-hybridized carbons (Fsp3) is 0.125. The van der Waals surface area contributed by atoms with Crippen molar-refractivity contribution in [2.75, 3.05) is 11.9 Å². The van der Waals surface area contributed by atoms with Gasteiger partial charge >= 0.3 is 5.97 Å². The maximum atomic E-state index is 13.6. The van der Waals surface area contributed by atoms with Gasteiger partial charge in [0.2, 0.25) is 0 Å². The Balaban J connectivity index is 1.94. The van der Waals surface area contributed by atoms with E-state index in [4.69, 9.17) is 16.3 Å². The molecule has 23 heavy (non-hydrogen) atoms. The quantitative estimate of drug-likeness (QED) is 0.777. The summed E-state index contributed by atoms with van der Waals surface area (Å²) in [4.78, 5) is 23.6. The molecule has 2 aromatic rings. The van der Waals surface area contributed by atoms with Gasteiger partial charge in [0.05, 0.1) is 5.56 Å². The van der Waals surface area contributed by atoms with Crippen LogP contribution in [0.25, 0.3) is 0 Å². The molecule has 0 heterocycles. The Labute approximate surface area is 145 Å². The maximum Gasteiger partial charge on any atom is 0.341 e. The smallest absolute Gasteiger partial charge is 0.341 e. The monoisotopic (exact) mass is 399 g/mol. The van der Waals surface area contributed by atoms with Crippen molar-refractivity contribution in [2.24, 2.45) is 0 Å². The Morgan fingerprint density at radius 3 is 2.65 bits per heavy atom. The molecule has 0 aromatic heterocycles. The van der Waals surface area contributed by atoms with Gasteiger partial charge in [-0.05, 0) is 48.9 Å². The predicted octanol–water partition coefficient (Wildman–Crippen LogP) is 4.35. The van der Waals surface area contributed by atoms with E-state index < -0.39 is 24.3 Å². The van der Waals surface area contributed by atoms with Gasteiger partial charge in [0.1, 0.15) is 5.82 Å². The highest BCUT2D eigenvalue weighted by Gasteiger charge is 2.15. The lowest BCUT2D eigenvalue weighted by molar-refractivity contribution is -0.119. The van der Waals surface area contributed by atoms with Crippen LogP contribution >= 0.6 is 27.5 Å². The number of ether oxygens (including phenoxy) is 1. The van der Waals surface area contributed by atoms with Gasteiger partial charge in [-0.1, -0.05) is 27.5 Å². The summed E-state index contributed by atoms with van der Waals surface area (Å²) in [5.74, 6) is -2.24. The number of carbonyl (C=O) groups is 2. The highest BCUT2D eigenvalue weighted by Crippen LogP contribution is 2.20. The number of amides is 1. The van der Waals surface area contributed by atoms with Crippen molar-refractivity contribution >= 4 is 45.1 Å². The standard InChI is InChI=1S/C16H12BrClFNO3/c1-9-6-10(17)2-5-14(9)20-15(21)8-23-16(22)12-4-3-11(18)7-13(12)19/h2-7H,8H2,1H3,(H,20,21). The number of hydrogen-bond acceptors (Lipinski definition) is 3. The van der Waals surface area contributed by atoms with Crippen LogP contribution in [0.2, 0.25) is 5.02 Å². The molecular formula is C16H12BrClFNO3. The first-order valence-corrected chi connectivity index (χ1v) is 7.72. The number of aryl methyl sites for hydroxylation is 1. The molecule has 1 N–H and O–H groups in total. The molecule has 0 radical (unpaired) electrons. The molecule has 7 heteroatoms. The SMILES string of the molecule is Cc1cc(Br)ccc1NC(=O)COC(=O)c1ccc(Cl)cc1F. The Bertz CT molecular complexity index is 767. The third-order valence-electron chi connectivity index (χ3n) is 2.95. The van der Waals surface area contributed by atoms with Gasteiger partial charge in [0, 0.05) is 15.2 Å². The number of esters is 1. The molecule has 0 fully saturated rings. The van der Waals surface area contributed by atoms with E-state index in [0.717, 1.165) is 16.1 Å². The number of rotatable bonds is 4. The van der Waals surface area contributed by atoms with Crippen LogP contribution in [-0.4, -0.2) is 18.5 Å². The third-order valence-corrected chi connectivity index (χ3v) is 3.68. The molecule has 0 unspecified atom stereocenters. The van der Waals surface area contributed by atoms with Crippen LogP contribution in [-0.2, 0) is 9.53 Å². The molecule has 0 saturated heterocycles. The number of nitrogens with one attached hydrogen (secondary N) is 1. The minimum atomic E-state index is -0.929. The second-order valence-corrected chi connectivity index (χ2v) is 6.06. The second-order valence-electron chi connectivity index (χ2n) is 4.71. The predicted molar refractivity (Wildman–Crippen MR) is 89.2 cm³/mol. The van der Waals surface area contributed by atoms with E-state index >= 15 is 0 Å². The lowest BCUT2D eigenvalue weighted by atomic mass is 10.2. The van der Waals surface area contributed by atoms with Gasteiger partial charge in [0.25, 0.3) is 5.91 Å². The largest absolute Gasteiger partial charge is 0.452 e. The van der Waals surface area contributed by atoms with Crippen LogP contribution in [0.3, 0.4) is 0 Å². The van der Waals surface area contributed by atoms with E-state index in [1.807, 2.05) is 13.0 Å². The van der Waals surface area contributed by atoms with Crippen LogP contribution in [0.15, 0.2) is 40.9 Å². The van der Waals surface area contributed by atoms with Crippen molar-refractivity contribution in [3.05, 3.63) is 62.8 Å². The van der Waals surface area contributed by atoms with Crippen LogP contribution in [0.4, 0.5) is 10.1 Å². The molecule has 0 aliphatic carbocycles. The number of carbonyl (C=O) groups excluding carboxylic acids is 2. The highest BCUT2D eigenvalue weighted by molar-refractivity contribution is 9.10. The summed E-state index contributed by atoms with van der Waals surface area (Å²) in [5, 5.41) is 2.79. The Hall–Kier alpha value is -1.92. The molecule has 4 nitrogen and oxygen atoms in total.